The van der Waals surface area contributed by atoms with E-state index in [1.165, 1.54) is 59.8 Å². The van der Waals surface area contributed by atoms with Gasteiger partial charge in [-0.2, -0.15) is 0 Å². The molecule has 0 fully saturated rings. The van der Waals surface area contributed by atoms with Crippen molar-refractivity contribution in [1.82, 2.24) is 13.7 Å². The van der Waals surface area contributed by atoms with Crippen LogP contribution in [0, 0.1) is 0 Å². The van der Waals surface area contributed by atoms with Crippen molar-refractivity contribution in [3.63, 3.8) is 0 Å². The Kier molecular flexibility index (Phi) is 7.36. The number of benzene rings is 10. The molecular formula is C60H37N3O. The van der Waals surface area contributed by atoms with Crippen molar-refractivity contribution in [2.45, 2.75) is 0 Å². The van der Waals surface area contributed by atoms with Gasteiger partial charge in [-0.3, -0.25) is 0 Å². The summed E-state index contributed by atoms with van der Waals surface area (Å²) in [5.74, 6) is 0. The Hall–Kier alpha value is -8.60. The molecule has 4 nitrogen and oxygen atoms in total. The molecule has 0 aliphatic rings. The highest BCUT2D eigenvalue weighted by Crippen LogP contribution is 2.42. The lowest BCUT2D eigenvalue weighted by Crippen LogP contribution is -2.00. The summed E-state index contributed by atoms with van der Waals surface area (Å²) in [7, 11) is 0. The van der Waals surface area contributed by atoms with E-state index in [0.717, 1.165) is 66.2 Å². The Balaban J connectivity index is 1.20. The van der Waals surface area contributed by atoms with E-state index in [2.05, 4.69) is 232 Å². The fourth-order valence-corrected chi connectivity index (χ4v) is 10.7. The maximum absolute atomic E-state index is 6.87. The molecule has 0 aliphatic carbocycles. The second kappa shape index (κ2) is 13.4. The third-order valence-electron chi connectivity index (χ3n) is 13.5. The van der Waals surface area contributed by atoms with E-state index < -0.39 is 0 Å². The summed E-state index contributed by atoms with van der Waals surface area (Å²) in [5.41, 5.74) is 11.7. The molecule has 0 spiro atoms. The minimum atomic E-state index is 0.821. The molecule has 11 aromatic carbocycles. The van der Waals surface area contributed by atoms with Crippen LogP contribution in [0.15, 0.2) is 229 Å². The predicted octanol–water partition coefficient (Wildman–Crippen LogP) is 16.3. The second-order valence-corrected chi connectivity index (χ2v) is 16.9. The number of rotatable bonds is 3. The molecule has 0 N–H and O–H groups in total. The van der Waals surface area contributed by atoms with Crippen molar-refractivity contribution in [2.24, 2.45) is 0 Å². The molecule has 0 bridgehead atoms. The van der Waals surface area contributed by atoms with Gasteiger partial charge in [-0.15, -0.1) is 0 Å². The summed E-state index contributed by atoms with van der Waals surface area (Å²) in [5, 5.41) is 14.3. The number of hydrogen-bond acceptors (Lipinski definition) is 1. The average molecular weight is 816 g/mol. The van der Waals surface area contributed by atoms with Gasteiger partial charge in [0, 0.05) is 38.6 Å². The summed E-state index contributed by atoms with van der Waals surface area (Å²) < 4.78 is 14.1. The normalized spacial score (nSPS) is 12.1. The van der Waals surface area contributed by atoms with Crippen LogP contribution in [0.25, 0.3) is 126 Å². The highest BCUT2D eigenvalue weighted by Gasteiger charge is 2.19. The molecule has 0 aliphatic heterocycles. The van der Waals surface area contributed by atoms with Crippen molar-refractivity contribution < 1.29 is 4.42 Å². The lowest BCUT2D eigenvalue weighted by molar-refractivity contribution is 0.654. The first kappa shape index (κ1) is 35.0. The molecule has 3 heterocycles. The minimum Gasteiger partial charge on any atom is -0.453 e. The first-order chi connectivity index (χ1) is 31.8. The number of para-hydroxylation sites is 7. The highest BCUT2D eigenvalue weighted by atomic mass is 16.3. The fourth-order valence-electron chi connectivity index (χ4n) is 10.7. The monoisotopic (exact) mass is 815 g/mol. The lowest BCUT2D eigenvalue weighted by Gasteiger charge is -2.18. The molecule has 0 unspecified atom stereocenters. The SMILES string of the molecule is c1ccc(-n2c3ccccc3oc3cc4c5ccccc5c5ccc(-n6c7ccccc7c7ccccc76)cc5c5cc(-n6c7ccccc7c7ccccc76)ccc5c4cc32)cc1. The predicted molar refractivity (Wildman–Crippen MR) is 269 cm³/mol. The highest BCUT2D eigenvalue weighted by molar-refractivity contribution is 6.28. The second-order valence-electron chi connectivity index (χ2n) is 16.9. The number of fused-ring (bicyclic) bond motifs is 16. The third kappa shape index (κ3) is 4.99. The van der Waals surface area contributed by atoms with Crippen LogP contribution in [-0.4, -0.2) is 13.7 Å². The van der Waals surface area contributed by atoms with E-state index >= 15 is 0 Å². The standard InChI is InChI=1S/C60H37N3O/c1-2-16-38(17-3-1)61-57-28-14-15-29-59(57)64-60-37-52-42-19-5-4-18-41(42)43-32-30-39(62-53-24-10-6-20-45(53)46-21-7-11-25-54(46)62)34-49(43)50-35-40(31-33-44(50)51(52)36-58(60)61)63-55-26-12-8-22-47(55)48-23-9-13-27-56(48)63/h1-37H. The van der Waals surface area contributed by atoms with Crippen molar-refractivity contribution in [3.8, 4) is 17.1 Å². The van der Waals surface area contributed by atoms with E-state index in [0.29, 0.717) is 0 Å². The molecule has 298 valence electrons. The zero-order valence-corrected chi connectivity index (χ0v) is 34.6. The van der Waals surface area contributed by atoms with E-state index in [1.807, 2.05) is 6.07 Å². The van der Waals surface area contributed by atoms with E-state index in [1.54, 1.807) is 0 Å². The summed E-state index contributed by atoms with van der Waals surface area (Å²) in [4.78, 5) is 0. The van der Waals surface area contributed by atoms with Crippen LogP contribution >= 0.6 is 0 Å². The van der Waals surface area contributed by atoms with E-state index in [9.17, 15) is 0 Å². The summed E-state index contributed by atoms with van der Waals surface area (Å²) in [6.07, 6.45) is 0. The van der Waals surface area contributed by atoms with Gasteiger partial charge in [-0.1, -0.05) is 140 Å². The zero-order chi connectivity index (χ0) is 41.9. The van der Waals surface area contributed by atoms with Crippen molar-refractivity contribution in [3.05, 3.63) is 224 Å². The number of hydrogen-bond donors (Lipinski definition) is 0. The Labute approximate surface area is 367 Å². The minimum absolute atomic E-state index is 0.821. The molecule has 0 radical (unpaired) electrons. The van der Waals surface area contributed by atoms with E-state index in [4.69, 9.17) is 4.42 Å². The summed E-state index contributed by atoms with van der Waals surface area (Å²) in [6, 6.07) is 81.8. The summed E-state index contributed by atoms with van der Waals surface area (Å²) in [6.45, 7) is 0. The third-order valence-corrected chi connectivity index (χ3v) is 13.5. The Morgan fingerprint density at radius 1 is 0.203 bits per heavy atom. The first-order valence-electron chi connectivity index (χ1n) is 21.9. The molecule has 0 saturated carbocycles. The van der Waals surface area contributed by atoms with Crippen LogP contribution in [0.3, 0.4) is 0 Å². The van der Waals surface area contributed by atoms with Crippen molar-refractivity contribution in [2.75, 3.05) is 0 Å². The maximum Gasteiger partial charge on any atom is 0.152 e. The topological polar surface area (TPSA) is 27.9 Å². The van der Waals surface area contributed by atoms with Gasteiger partial charge in [0.2, 0.25) is 0 Å². The van der Waals surface area contributed by atoms with Crippen molar-refractivity contribution >= 4 is 109 Å². The Morgan fingerprint density at radius 2 is 0.562 bits per heavy atom. The molecule has 0 atom stereocenters. The van der Waals surface area contributed by atoms with Gasteiger partial charge in [0.15, 0.2) is 11.2 Å². The molecule has 3 aromatic heterocycles. The van der Waals surface area contributed by atoms with Gasteiger partial charge in [0.1, 0.15) is 0 Å². The van der Waals surface area contributed by atoms with Crippen LogP contribution < -0.4 is 0 Å². The average Bonchev–Trinajstić information content (AvgIpc) is 3.88. The largest absolute Gasteiger partial charge is 0.453 e. The maximum atomic E-state index is 6.87. The first-order valence-corrected chi connectivity index (χ1v) is 21.9. The fraction of sp³-hybridized carbons (Fsp3) is 0. The van der Waals surface area contributed by atoms with Gasteiger partial charge < -0.3 is 18.1 Å². The molecular weight excluding hydrogens is 779 g/mol. The van der Waals surface area contributed by atoms with Crippen LogP contribution in [0.2, 0.25) is 0 Å². The number of aromatic nitrogens is 3. The van der Waals surface area contributed by atoms with Crippen LogP contribution in [0.5, 0.6) is 0 Å². The van der Waals surface area contributed by atoms with Crippen LogP contribution in [-0.2, 0) is 0 Å². The molecule has 4 heteroatoms. The summed E-state index contributed by atoms with van der Waals surface area (Å²) >= 11 is 0. The van der Waals surface area contributed by atoms with Gasteiger partial charge in [-0.05, 0) is 128 Å². The Bertz CT molecular complexity index is 4210. The van der Waals surface area contributed by atoms with Gasteiger partial charge in [-0.25, -0.2) is 0 Å². The molecule has 0 saturated heterocycles. The van der Waals surface area contributed by atoms with Crippen molar-refractivity contribution in [1.29, 1.82) is 0 Å². The zero-order valence-electron chi connectivity index (χ0n) is 34.6. The quantitative estimate of drug-likeness (QED) is 0.163. The van der Waals surface area contributed by atoms with Gasteiger partial charge in [0.05, 0.1) is 33.1 Å². The smallest absolute Gasteiger partial charge is 0.152 e. The van der Waals surface area contributed by atoms with Gasteiger partial charge in [0.25, 0.3) is 0 Å². The molecule has 14 aromatic rings. The Morgan fingerprint density at radius 3 is 1.09 bits per heavy atom. The lowest BCUT2D eigenvalue weighted by atomic mass is 9.93. The molecule has 0 amide bonds. The van der Waals surface area contributed by atoms with Crippen LogP contribution in [0.4, 0.5) is 0 Å². The van der Waals surface area contributed by atoms with E-state index in [-0.39, 0.29) is 0 Å². The van der Waals surface area contributed by atoms with Crippen LogP contribution in [0.1, 0.15) is 0 Å². The van der Waals surface area contributed by atoms with Gasteiger partial charge >= 0.3 is 0 Å². The molecule has 64 heavy (non-hydrogen) atoms. The number of nitrogens with zero attached hydrogens (tertiary/aromatic N) is 3. The molecule has 14 rings (SSSR count).